The molecule has 0 amide bonds. The molecule has 262 valence electrons. The van der Waals surface area contributed by atoms with Crippen LogP contribution < -0.4 is 0 Å². The highest BCUT2D eigenvalue weighted by molar-refractivity contribution is 7.26. The number of hydrogen-bond acceptors (Lipinski definition) is 6. The summed E-state index contributed by atoms with van der Waals surface area (Å²) in [6.45, 7) is 0. The standard InChI is InChI=1S/C50H30N4OS/c1-2-10-33(11-3-1)48-52-49(34-23-19-31(20-24-34)36-12-9-29-51-30-36)54-50(53-48)35-25-21-32(22-26-35)37-27-28-39(46-45(37)42-14-4-6-17-43(42)55-46)41-16-8-15-40-38-13-5-7-18-44(38)56-47(40)41/h1-30H. The first-order valence-corrected chi connectivity index (χ1v) is 19.3. The van der Waals surface area contributed by atoms with Crippen molar-refractivity contribution in [3.8, 4) is 67.5 Å². The monoisotopic (exact) mass is 734 g/mol. The van der Waals surface area contributed by atoms with Crippen LogP contribution in [0.2, 0.25) is 0 Å². The maximum Gasteiger partial charge on any atom is 0.164 e. The number of thiophene rings is 1. The third-order valence-corrected chi connectivity index (χ3v) is 11.7. The highest BCUT2D eigenvalue weighted by Crippen LogP contribution is 2.46. The molecule has 0 atom stereocenters. The summed E-state index contributed by atoms with van der Waals surface area (Å²) in [6.07, 6.45) is 3.65. The van der Waals surface area contributed by atoms with E-state index in [9.17, 15) is 0 Å². The third kappa shape index (κ3) is 5.46. The first-order valence-electron chi connectivity index (χ1n) is 18.5. The fourth-order valence-corrected chi connectivity index (χ4v) is 8.97. The molecule has 0 aliphatic rings. The molecular weight excluding hydrogens is 705 g/mol. The van der Waals surface area contributed by atoms with Crippen LogP contribution in [0, 0.1) is 0 Å². The van der Waals surface area contributed by atoms with Crippen LogP contribution in [0.4, 0.5) is 0 Å². The molecule has 0 radical (unpaired) electrons. The van der Waals surface area contributed by atoms with Gasteiger partial charge in [0.05, 0.1) is 0 Å². The Morgan fingerprint density at radius 3 is 1.71 bits per heavy atom. The number of rotatable bonds is 6. The van der Waals surface area contributed by atoms with E-state index in [1.54, 1.807) is 6.20 Å². The fourth-order valence-electron chi connectivity index (χ4n) is 7.73. The van der Waals surface area contributed by atoms with E-state index in [2.05, 4.69) is 132 Å². The molecule has 11 aromatic rings. The lowest BCUT2D eigenvalue weighted by atomic mass is 9.93. The topological polar surface area (TPSA) is 64.7 Å². The largest absolute Gasteiger partial charge is 0.455 e. The molecule has 6 heteroatoms. The smallest absolute Gasteiger partial charge is 0.164 e. The fraction of sp³-hybridized carbons (Fsp3) is 0. The van der Waals surface area contributed by atoms with Crippen molar-refractivity contribution in [2.24, 2.45) is 0 Å². The van der Waals surface area contributed by atoms with E-state index in [0.717, 1.165) is 66.4 Å². The van der Waals surface area contributed by atoms with Crippen LogP contribution in [0.15, 0.2) is 187 Å². The maximum absolute atomic E-state index is 6.73. The molecule has 0 aliphatic carbocycles. The Hall–Kier alpha value is -7.28. The van der Waals surface area contributed by atoms with Gasteiger partial charge in [0.25, 0.3) is 0 Å². The zero-order valence-electron chi connectivity index (χ0n) is 29.9. The van der Waals surface area contributed by atoms with Crippen molar-refractivity contribution in [3.05, 3.63) is 182 Å². The van der Waals surface area contributed by atoms with Gasteiger partial charge < -0.3 is 4.42 Å². The summed E-state index contributed by atoms with van der Waals surface area (Å²) in [5.74, 6) is 1.86. The van der Waals surface area contributed by atoms with Crippen molar-refractivity contribution < 1.29 is 4.42 Å². The van der Waals surface area contributed by atoms with Gasteiger partial charge in [-0.1, -0.05) is 146 Å². The molecule has 5 nitrogen and oxygen atoms in total. The Balaban J connectivity index is 1.02. The minimum absolute atomic E-state index is 0.613. The predicted molar refractivity (Wildman–Crippen MR) is 230 cm³/mol. The molecule has 0 aliphatic heterocycles. The molecule has 4 aromatic heterocycles. The molecule has 0 fully saturated rings. The van der Waals surface area contributed by atoms with Gasteiger partial charge in [-0.3, -0.25) is 4.98 Å². The Labute approximate surface area is 326 Å². The van der Waals surface area contributed by atoms with Gasteiger partial charge >= 0.3 is 0 Å². The van der Waals surface area contributed by atoms with Crippen LogP contribution in [0.5, 0.6) is 0 Å². The predicted octanol–water partition coefficient (Wildman–Crippen LogP) is 13.5. The summed E-state index contributed by atoms with van der Waals surface area (Å²) in [5.41, 5.74) is 11.1. The second-order valence-corrected chi connectivity index (χ2v) is 14.9. The van der Waals surface area contributed by atoms with Gasteiger partial charge in [0.2, 0.25) is 0 Å². The Kier molecular flexibility index (Phi) is 7.60. The lowest BCUT2D eigenvalue weighted by Gasteiger charge is -2.11. The number of nitrogens with zero attached hydrogens (tertiary/aromatic N) is 4. The zero-order chi connectivity index (χ0) is 37.0. The van der Waals surface area contributed by atoms with Crippen LogP contribution in [0.3, 0.4) is 0 Å². The Morgan fingerprint density at radius 1 is 0.393 bits per heavy atom. The summed E-state index contributed by atoms with van der Waals surface area (Å²) in [5, 5.41) is 4.75. The van der Waals surface area contributed by atoms with Gasteiger partial charge in [-0.25, -0.2) is 15.0 Å². The average molecular weight is 735 g/mol. The van der Waals surface area contributed by atoms with Crippen molar-refractivity contribution in [3.63, 3.8) is 0 Å². The van der Waals surface area contributed by atoms with Crippen LogP contribution in [-0.4, -0.2) is 19.9 Å². The van der Waals surface area contributed by atoms with Crippen LogP contribution in [0.1, 0.15) is 0 Å². The second kappa shape index (κ2) is 13.2. The van der Waals surface area contributed by atoms with Gasteiger partial charge in [0, 0.05) is 71.2 Å². The van der Waals surface area contributed by atoms with Gasteiger partial charge in [0.1, 0.15) is 11.2 Å². The normalized spacial score (nSPS) is 11.6. The van der Waals surface area contributed by atoms with Crippen molar-refractivity contribution >= 4 is 53.4 Å². The summed E-state index contributed by atoms with van der Waals surface area (Å²) in [6, 6.07) is 58.9. The highest BCUT2D eigenvalue weighted by atomic mass is 32.1. The number of para-hydroxylation sites is 1. The number of pyridine rings is 1. The quantitative estimate of drug-likeness (QED) is 0.170. The number of benzene rings is 7. The molecule has 0 saturated carbocycles. The lowest BCUT2D eigenvalue weighted by Crippen LogP contribution is -2.00. The molecular formula is C50H30N4OS. The SMILES string of the molecule is c1ccc(-c2nc(-c3ccc(-c4cccnc4)cc3)nc(-c3ccc(-c4ccc(-c5cccc6c5sc5ccccc56)c5oc6ccccc6c45)cc3)n2)cc1. The number of fused-ring (bicyclic) bond motifs is 6. The van der Waals surface area contributed by atoms with Crippen LogP contribution in [0.25, 0.3) is 110 Å². The van der Waals surface area contributed by atoms with Crippen LogP contribution >= 0.6 is 11.3 Å². The van der Waals surface area contributed by atoms with Crippen molar-refractivity contribution in [1.29, 1.82) is 0 Å². The molecule has 4 heterocycles. The third-order valence-electron chi connectivity index (χ3n) is 10.5. The van der Waals surface area contributed by atoms with E-state index in [-0.39, 0.29) is 0 Å². The minimum atomic E-state index is 0.613. The van der Waals surface area contributed by atoms with E-state index >= 15 is 0 Å². The zero-order valence-corrected chi connectivity index (χ0v) is 30.7. The molecule has 0 bridgehead atoms. The van der Waals surface area contributed by atoms with E-state index in [4.69, 9.17) is 19.4 Å². The molecule has 0 saturated heterocycles. The molecule has 0 spiro atoms. The first kappa shape index (κ1) is 32.2. The van der Waals surface area contributed by atoms with Gasteiger partial charge in [-0.05, 0) is 46.5 Å². The maximum atomic E-state index is 6.73. The van der Waals surface area contributed by atoms with E-state index in [0.29, 0.717) is 17.5 Å². The van der Waals surface area contributed by atoms with Crippen LogP contribution in [-0.2, 0) is 0 Å². The summed E-state index contributed by atoms with van der Waals surface area (Å²) in [4.78, 5) is 19.2. The first-order chi connectivity index (χ1) is 27.7. The van der Waals surface area contributed by atoms with Crippen molar-refractivity contribution in [2.75, 3.05) is 0 Å². The Bertz CT molecular complexity index is 3230. The van der Waals surface area contributed by atoms with Crippen molar-refractivity contribution in [2.45, 2.75) is 0 Å². The average Bonchev–Trinajstić information content (AvgIpc) is 3.86. The van der Waals surface area contributed by atoms with E-state index in [1.165, 1.54) is 25.7 Å². The van der Waals surface area contributed by atoms with E-state index < -0.39 is 0 Å². The number of aromatic nitrogens is 4. The highest BCUT2D eigenvalue weighted by Gasteiger charge is 2.20. The summed E-state index contributed by atoms with van der Waals surface area (Å²) in [7, 11) is 0. The van der Waals surface area contributed by atoms with E-state index in [1.807, 2.05) is 60.0 Å². The molecule has 0 N–H and O–H groups in total. The van der Waals surface area contributed by atoms with Gasteiger partial charge in [0.15, 0.2) is 17.5 Å². The summed E-state index contributed by atoms with van der Waals surface area (Å²) >= 11 is 1.84. The molecule has 11 rings (SSSR count). The number of furan rings is 1. The summed E-state index contributed by atoms with van der Waals surface area (Å²) < 4.78 is 9.29. The Morgan fingerprint density at radius 2 is 0.982 bits per heavy atom. The van der Waals surface area contributed by atoms with Gasteiger partial charge in [-0.2, -0.15) is 0 Å². The number of hydrogen-bond donors (Lipinski definition) is 0. The van der Waals surface area contributed by atoms with Crippen molar-refractivity contribution in [1.82, 2.24) is 19.9 Å². The molecule has 0 unspecified atom stereocenters. The molecule has 7 aromatic carbocycles. The van der Waals surface area contributed by atoms with Gasteiger partial charge in [-0.15, -0.1) is 11.3 Å². The molecule has 56 heavy (non-hydrogen) atoms. The lowest BCUT2D eigenvalue weighted by molar-refractivity contribution is 0.670. The second-order valence-electron chi connectivity index (χ2n) is 13.8. The minimum Gasteiger partial charge on any atom is -0.455 e.